The van der Waals surface area contributed by atoms with Gasteiger partial charge in [0.15, 0.2) is 28.9 Å². The van der Waals surface area contributed by atoms with Crippen molar-refractivity contribution in [2.45, 2.75) is 64.3 Å². The quantitative estimate of drug-likeness (QED) is 0.0487. The van der Waals surface area contributed by atoms with Crippen molar-refractivity contribution in [2.24, 2.45) is 0 Å². The third-order valence-corrected chi connectivity index (χ3v) is 10.5. The molecule has 6 aromatic rings. The highest BCUT2D eigenvalue weighted by Crippen LogP contribution is 2.36. The summed E-state index contributed by atoms with van der Waals surface area (Å²) >= 11 is 0. The Kier molecular flexibility index (Phi) is 15.4. The van der Waals surface area contributed by atoms with E-state index in [1.54, 1.807) is 29.1 Å². The van der Waals surface area contributed by atoms with E-state index in [4.69, 9.17) is 38.3 Å². The number of nitrogens with one attached hydrogen (secondary N) is 1. The molecule has 0 radical (unpaired) electrons. The van der Waals surface area contributed by atoms with Crippen LogP contribution in [0.3, 0.4) is 0 Å². The molecule has 2 atom stereocenters. The summed E-state index contributed by atoms with van der Waals surface area (Å²) in [5, 5.41) is 30.7. The van der Waals surface area contributed by atoms with Gasteiger partial charge in [-0.25, -0.2) is 22.2 Å². The van der Waals surface area contributed by atoms with Gasteiger partial charge in [0.2, 0.25) is 0 Å². The number of benzene rings is 4. The highest BCUT2D eigenvalue weighted by atomic mass is 35.5. The Morgan fingerprint density at radius 3 is 2.08 bits per heavy atom. The number of rotatable bonds is 16. The van der Waals surface area contributed by atoms with Crippen molar-refractivity contribution in [1.29, 1.82) is 0 Å². The predicted molar refractivity (Wildman–Crippen MR) is 219 cm³/mol. The largest absolute Gasteiger partial charge is 0.490 e. The average Bonchev–Trinajstić information content (AvgIpc) is 3.91. The Hall–Kier alpha value is -4.95. The van der Waals surface area contributed by atoms with Gasteiger partial charge >= 0.3 is 0 Å². The second-order valence-corrected chi connectivity index (χ2v) is 21.0. The molecule has 13 nitrogen and oxygen atoms in total. The van der Waals surface area contributed by atoms with Crippen LogP contribution in [0, 0.1) is 23.3 Å². The zero-order valence-corrected chi connectivity index (χ0v) is 35.4. The number of H-pyrrole nitrogens is 1. The average molecular weight is 879 g/mol. The Bertz CT molecular complexity index is 2360. The lowest BCUT2D eigenvalue weighted by Crippen LogP contribution is -2.25. The first kappa shape index (κ1) is 46.1. The molecule has 0 bridgehead atoms. The molecule has 0 amide bonds. The van der Waals surface area contributed by atoms with Crippen LogP contribution in [0.4, 0.5) is 17.6 Å². The lowest BCUT2D eigenvalue weighted by atomic mass is 10.2. The van der Waals surface area contributed by atoms with Crippen molar-refractivity contribution in [3.8, 4) is 34.5 Å². The molecule has 324 valence electrons. The summed E-state index contributed by atoms with van der Waals surface area (Å²) in [6, 6.07) is 13.7. The number of aliphatic hydroxyl groups is 2. The van der Waals surface area contributed by atoms with Gasteiger partial charge in [0.25, 0.3) is 0 Å². The topological polar surface area (TPSA) is 152 Å². The van der Waals surface area contributed by atoms with Crippen molar-refractivity contribution in [3.05, 3.63) is 96.3 Å². The molecule has 1 saturated heterocycles. The van der Waals surface area contributed by atoms with Gasteiger partial charge in [-0.05, 0) is 44.2 Å². The SMILES string of the molecule is CC1(C)OC[C@@H](COc2cc(Oc3ccc(F)cc3F)cc3c2cnn3COCC[Si](C)(C)C)O1.Cl.OC[C@H](O)COc1cc(Oc2ccc(F)cc2F)cc2[nH]ncc12. The number of fused-ring (bicyclic) bond motifs is 2. The minimum absolute atomic E-state index is 0. The Morgan fingerprint density at radius 2 is 1.50 bits per heavy atom. The van der Waals surface area contributed by atoms with Gasteiger partial charge in [-0.2, -0.15) is 10.2 Å². The molecule has 0 saturated carbocycles. The first-order valence-electron chi connectivity index (χ1n) is 18.7. The molecule has 3 heterocycles. The number of hydrogen-bond donors (Lipinski definition) is 3. The Morgan fingerprint density at radius 1 is 0.867 bits per heavy atom. The molecule has 7 rings (SSSR count). The number of ether oxygens (including phenoxy) is 7. The van der Waals surface area contributed by atoms with E-state index in [2.05, 4.69) is 34.9 Å². The van der Waals surface area contributed by atoms with Crippen molar-refractivity contribution in [2.75, 3.05) is 33.0 Å². The van der Waals surface area contributed by atoms with E-state index < -0.39 is 49.8 Å². The van der Waals surface area contributed by atoms with Crippen LogP contribution in [0.1, 0.15) is 13.8 Å². The second kappa shape index (κ2) is 20.1. The molecule has 1 fully saturated rings. The van der Waals surface area contributed by atoms with Gasteiger partial charge in [-0.3, -0.25) is 5.10 Å². The lowest BCUT2D eigenvalue weighted by Gasteiger charge is -2.18. The van der Waals surface area contributed by atoms with Gasteiger partial charge in [0, 0.05) is 51.1 Å². The van der Waals surface area contributed by atoms with Gasteiger partial charge in [0.1, 0.15) is 66.8 Å². The fourth-order valence-corrected chi connectivity index (χ4v) is 6.50. The van der Waals surface area contributed by atoms with Gasteiger partial charge in [-0.1, -0.05) is 19.6 Å². The molecule has 2 aromatic heterocycles. The monoisotopic (exact) mass is 878 g/mol. The first-order chi connectivity index (χ1) is 28.1. The van der Waals surface area contributed by atoms with E-state index in [0.717, 1.165) is 35.7 Å². The molecule has 0 spiro atoms. The normalized spacial score (nSPS) is 15.3. The summed E-state index contributed by atoms with van der Waals surface area (Å²) in [6.45, 7) is 11.6. The molecule has 1 aliphatic heterocycles. The zero-order valence-electron chi connectivity index (χ0n) is 33.5. The fraction of sp³-hybridized carbons (Fsp3) is 0.366. The van der Waals surface area contributed by atoms with Gasteiger partial charge in [0.05, 0.1) is 47.4 Å². The molecule has 3 N–H and O–H groups in total. The van der Waals surface area contributed by atoms with Crippen LogP contribution in [0.15, 0.2) is 73.1 Å². The third kappa shape index (κ3) is 12.5. The minimum Gasteiger partial charge on any atom is -0.490 e. The molecular weight excluding hydrogens is 832 g/mol. The van der Waals surface area contributed by atoms with Crippen LogP contribution in [0.25, 0.3) is 21.8 Å². The first-order valence-corrected chi connectivity index (χ1v) is 22.4. The molecule has 60 heavy (non-hydrogen) atoms. The standard InChI is InChI=1S/C25H32F2N2O5Si.C16H14F2N2O4.ClH/c1-25(2)32-15-19(34-25)14-31-24-12-18(33-23-7-6-17(26)10-21(23)27)11-22-20(24)13-28-29(22)16-30-8-9-35(3,4)5;17-9-1-2-15(13(18)3-9)24-11-4-14-12(6-19-20-14)16(5-11)23-8-10(22)7-21;/h6-7,10-13,19H,8-9,14-16H2,1-5H3;1-6,10,21-22H,7-8H2,(H,19,20);1H/t19-;10-;/m10./s1. The van der Waals surface area contributed by atoms with E-state index in [9.17, 15) is 22.7 Å². The zero-order chi connectivity index (χ0) is 42.3. The van der Waals surface area contributed by atoms with Crippen molar-refractivity contribution in [1.82, 2.24) is 20.0 Å². The highest BCUT2D eigenvalue weighted by molar-refractivity contribution is 6.76. The summed E-state index contributed by atoms with van der Waals surface area (Å²) < 4.78 is 96.0. The fourth-order valence-electron chi connectivity index (χ4n) is 5.74. The Balaban J connectivity index is 0.000000239. The van der Waals surface area contributed by atoms with Crippen LogP contribution in [-0.2, 0) is 20.9 Å². The van der Waals surface area contributed by atoms with E-state index in [0.29, 0.717) is 46.9 Å². The summed E-state index contributed by atoms with van der Waals surface area (Å²) in [7, 11) is -1.22. The van der Waals surface area contributed by atoms with Crippen LogP contribution >= 0.6 is 12.4 Å². The third-order valence-electron chi connectivity index (χ3n) is 8.78. The minimum atomic E-state index is -1.22. The summed E-state index contributed by atoms with van der Waals surface area (Å²) in [4.78, 5) is 0. The maximum Gasteiger partial charge on any atom is 0.168 e. The maximum atomic E-state index is 14.2. The lowest BCUT2D eigenvalue weighted by molar-refractivity contribution is -0.141. The predicted octanol–water partition coefficient (Wildman–Crippen LogP) is 8.74. The van der Waals surface area contributed by atoms with E-state index >= 15 is 0 Å². The summed E-state index contributed by atoms with van der Waals surface area (Å²) in [6.07, 6.45) is 1.95. The number of aromatic nitrogens is 4. The summed E-state index contributed by atoms with van der Waals surface area (Å²) in [5.74, 6) is -2.50. The molecule has 4 aromatic carbocycles. The number of aromatic amines is 1. The Labute approximate surface area is 350 Å². The van der Waals surface area contributed by atoms with Crippen LogP contribution in [-0.4, -0.2) is 89.3 Å². The van der Waals surface area contributed by atoms with Crippen molar-refractivity contribution in [3.63, 3.8) is 0 Å². The molecule has 19 heteroatoms. The van der Waals surface area contributed by atoms with Crippen LogP contribution < -0.4 is 18.9 Å². The summed E-state index contributed by atoms with van der Waals surface area (Å²) in [5.41, 5.74) is 1.28. The second-order valence-electron chi connectivity index (χ2n) is 15.4. The number of nitrogens with zero attached hydrogens (tertiary/aromatic N) is 3. The number of halogens is 5. The van der Waals surface area contributed by atoms with E-state index in [-0.39, 0.29) is 55.7 Å². The molecule has 0 unspecified atom stereocenters. The maximum absolute atomic E-state index is 14.2. The van der Waals surface area contributed by atoms with E-state index in [1.165, 1.54) is 24.4 Å². The van der Waals surface area contributed by atoms with Gasteiger partial charge < -0.3 is 43.4 Å². The van der Waals surface area contributed by atoms with Crippen LogP contribution in [0.2, 0.25) is 25.7 Å². The number of hydrogen-bond acceptors (Lipinski definition) is 11. The number of aliphatic hydroxyl groups excluding tert-OH is 2. The van der Waals surface area contributed by atoms with Crippen molar-refractivity contribution >= 4 is 42.3 Å². The van der Waals surface area contributed by atoms with Gasteiger partial charge in [-0.15, -0.1) is 12.4 Å². The smallest absolute Gasteiger partial charge is 0.168 e. The van der Waals surface area contributed by atoms with Crippen molar-refractivity contribution < 1.29 is 60.9 Å². The van der Waals surface area contributed by atoms with E-state index in [1.807, 2.05) is 13.8 Å². The molecule has 1 aliphatic rings. The molecule has 0 aliphatic carbocycles. The van der Waals surface area contributed by atoms with Crippen LogP contribution in [0.5, 0.6) is 34.5 Å². The highest BCUT2D eigenvalue weighted by Gasteiger charge is 2.33. The molecular formula is C41H47ClF4N4O9Si.